The molecular formula is C17H16N2O3. The molecule has 2 aromatic carbocycles. The summed E-state index contributed by atoms with van der Waals surface area (Å²) in [6.45, 7) is 2.71. The van der Waals surface area contributed by atoms with E-state index < -0.39 is 5.63 Å². The summed E-state index contributed by atoms with van der Waals surface area (Å²) >= 11 is 0. The van der Waals surface area contributed by atoms with Crippen molar-refractivity contribution < 1.29 is 9.15 Å². The van der Waals surface area contributed by atoms with Gasteiger partial charge < -0.3 is 14.5 Å². The van der Waals surface area contributed by atoms with Gasteiger partial charge in [-0.05, 0) is 30.7 Å². The van der Waals surface area contributed by atoms with E-state index in [1.165, 1.54) is 0 Å². The number of fused-ring (bicyclic) bond motifs is 1. The number of aromatic nitrogens is 1. The number of anilines is 2. The van der Waals surface area contributed by atoms with Crippen molar-refractivity contribution in [2.24, 2.45) is 0 Å². The lowest BCUT2D eigenvalue weighted by molar-refractivity contribution is 0.317. The fourth-order valence-electron chi connectivity index (χ4n) is 2.08. The average molecular weight is 296 g/mol. The number of para-hydroxylation sites is 1. The highest BCUT2D eigenvalue weighted by Crippen LogP contribution is 2.21. The van der Waals surface area contributed by atoms with Gasteiger partial charge in [0.25, 0.3) is 0 Å². The molecule has 112 valence electrons. The summed E-state index contributed by atoms with van der Waals surface area (Å²) in [5.41, 5.74) is 0.936. The quantitative estimate of drug-likeness (QED) is 0.777. The second-order valence-corrected chi connectivity index (χ2v) is 4.82. The Labute approximate surface area is 127 Å². The van der Waals surface area contributed by atoms with Crippen molar-refractivity contribution in [1.82, 2.24) is 4.98 Å². The van der Waals surface area contributed by atoms with Crippen LogP contribution in [0.25, 0.3) is 10.9 Å². The molecule has 0 saturated carbocycles. The van der Waals surface area contributed by atoms with Crippen LogP contribution in [0.15, 0.2) is 57.7 Å². The van der Waals surface area contributed by atoms with Crippen LogP contribution in [-0.4, -0.2) is 11.6 Å². The van der Waals surface area contributed by atoms with Crippen LogP contribution in [0.3, 0.4) is 0 Å². The maximum atomic E-state index is 11.9. The topological polar surface area (TPSA) is 64.4 Å². The first-order valence-corrected chi connectivity index (χ1v) is 7.16. The Morgan fingerprint density at radius 1 is 1.18 bits per heavy atom. The Morgan fingerprint density at radius 2 is 2.05 bits per heavy atom. The van der Waals surface area contributed by atoms with Crippen LogP contribution in [0.2, 0.25) is 0 Å². The van der Waals surface area contributed by atoms with Crippen molar-refractivity contribution in [3.63, 3.8) is 0 Å². The lowest BCUT2D eigenvalue weighted by Crippen LogP contribution is -2.05. The zero-order chi connectivity index (χ0) is 15.4. The van der Waals surface area contributed by atoms with Crippen molar-refractivity contribution in [2.75, 3.05) is 11.9 Å². The van der Waals surface area contributed by atoms with E-state index in [0.29, 0.717) is 17.5 Å². The molecule has 1 heterocycles. The van der Waals surface area contributed by atoms with E-state index >= 15 is 0 Å². The van der Waals surface area contributed by atoms with E-state index in [2.05, 4.69) is 17.2 Å². The Kier molecular flexibility index (Phi) is 4.05. The molecular weight excluding hydrogens is 280 g/mol. The Bertz CT molecular complexity index is 842. The van der Waals surface area contributed by atoms with Gasteiger partial charge >= 0.3 is 11.6 Å². The maximum absolute atomic E-state index is 11.9. The molecule has 0 amide bonds. The second-order valence-electron chi connectivity index (χ2n) is 4.82. The second kappa shape index (κ2) is 6.30. The van der Waals surface area contributed by atoms with Crippen LogP contribution < -0.4 is 15.7 Å². The van der Waals surface area contributed by atoms with Gasteiger partial charge in [0, 0.05) is 11.8 Å². The molecule has 22 heavy (non-hydrogen) atoms. The molecule has 5 heteroatoms. The summed E-state index contributed by atoms with van der Waals surface area (Å²) in [7, 11) is 0. The van der Waals surface area contributed by atoms with Crippen LogP contribution >= 0.6 is 0 Å². The summed E-state index contributed by atoms with van der Waals surface area (Å²) < 4.78 is 10.8. The van der Waals surface area contributed by atoms with Gasteiger partial charge in [0.15, 0.2) is 0 Å². The number of hydrogen-bond donors (Lipinski definition) is 1. The van der Waals surface area contributed by atoms with Gasteiger partial charge in [0.2, 0.25) is 0 Å². The van der Waals surface area contributed by atoms with Gasteiger partial charge in [0.1, 0.15) is 5.75 Å². The number of rotatable bonds is 5. The Hall–Kier alpha value is -2.82. The van der Waals surface area contributed by atoms with Gasteiger partial charge in [-0.15, -0.1) is 0 Å². The van der Waals surface area contributed by atoms with Gasteiger partial charge in [-0.2, -0.15) is 4.98 Å². The van der Waals surface area contributed by atoms with Crippen LogP contribution in [0.1, 0.15) is 13.3 Å². The van der Waals surface area contributed by atoms with Crippen LogP contribution in [0.5, 0.6) is 5.75 Å². The van der Waals surface area contributed by atoms with Gasteiger partial charge in [-0.3, -0.25) is 0 Å². The monoisotopic (exact) mass is 296 g/mol. The molecule has 0 atom stereocenters. The first-order valence-electron chi connectivity index (χ1n) is 7.16. The van der Waals surface area contributed by atoms with Crippen molar-refractivity contribution in [1.29, 1.82) is 0 Å². The summed E-state index contributed by atoms with van der Waals surface area (Å²) in [5, 5.41) is 3.46. The first kappa shape index (κ1) is 14.1. The highest BCUT2D eigenvalue weighted by molar-refractivity contribution is 5.78. The van der Waals surface area contributed by atoms with E-state index in [0.717, 1.165) is 17.9 Å². The Morgan fingerprint density at radius 3 is 2.91 bits per heavy atom. The maximum Gasteiger partial charge on any atom is 0.348 e. The molecule has 1 aromatic heterocycles. The number of hydrogen-bond acceptors (Lipinski definition) is 5. The van der Waals surface area contributed by atoms with Gasteiger partial charge in [-0.1, -0.05) is 25.1 Å². The molecule has 0 aliphatic rings. The predicted octanol–water partition coefficient (Wildman–Crippen LogP) is 3.72. The molecule has 1 N–H and O–H groups in total. The van der Waals surface area contributed by atoms with E-state index in [4.69, 9.17) is 9.15 Å². The summed E-state index contributed by atoms with van der Waals surface area (Å²) in [6.07, 6.45) is 0.943. The van der Waals surface area contributed by atoms with Gasteiger partial charge in [-0.25, -0.2) is 4.79 Å². The summed E-state index contributed by atoms with van der Waals surface area (Å²) in [4.78, 5) is 16.2. The minimum absolute atomic E-state index is 0.163. The molecule has 3 rings (SSSR count). The van der Waals surface area contributed by atoms with Crippen LogP contribution in [0, 0.1) is 0 Å². The van der Waals surface area contributed by atoms with E-state index in [9.17, 15) is 4.79 Å². The number of benzene rings is 2. The predicted molar refractivity (Wildman–Crippen MR) is 85.8 cm³/mol. The zero-order valence-corrected chi connectivity index (χ0v) is 12.2. The lowest BCUT2D eigenvalue weighted by Gasteiger charge is -2.08. The molecule has 0 aliphatic heterocycles. The Balaban J connectivity index is 1.88. The third-order valence-electron chi connectivity index (χ3n) is 3.09. The third kappa shape index (κ3) is 3.09. The summed E-state index contributed by atoms with van der Waals surface area (Å²) in [5.74, 6) is 0.759. The van der Waals surface area contributed by atoms with E-state index in [1.54, 1.807) is 18.2 Å². The third-order valence-corrected chi connectivity index (χ3v) is 3.09. The SMILES string of the molecule is CCCOc1cccc(Nc2nc3ccccc3c(=O)o2)c1. The molecule has 0 fully saturated rings. The lowest BCUT2D eigenvalue weighted by atomic mass is 10.2. The van der Waals surface area contributed by atoms with Crippen molar-refractivity contribution in [2.45, 2.75) is 13.3 Å². The largest absolute Gasteiger partial charge is 0.494 e. The highest BCUT2D eigenvalue weighted by atomic mass is 16.5. The van der Waals surface area contributed by atoms with Crippen molar-refractivity contribution in [3.8, 4) is 5.75 Å². The molecule has 0 radical (unpaired) electrons. The number of nitrogens with one attached hydrogen (secondary N) is 1. The van der Waals surface area contributed by atoms with Crippen LogP contribution in [-0.2, 0) is 0 Å². The normalized spacial score (nSPS) is 10.6. The molecule has 0 unspecified atom stereocenters. The van der Waals surface area contributed by atoms with Crippen molar-refractivity contribution in [3.05, 3.63) is 59.0 Å². The molecule has 3 aromatic rings. The molecule has 5 nitrogen and oxygen atoms in total. The number of nitrogens with zero attached hydrogens (tertiary/aromatic N) is 1. The average Bonchev–Trinajstić information content (AvgIpc) is 2.53. The van der Waals surface area contributed by atoms with E-state index in [-0.39, 0.29) is 6.01 Å². The standard InChI is InChI=1S/C17H16N2O3/c1-2-10-21-13-7-5-6-12(11-13)18-17-19-15-9-4-3-8-14(15)16(20)22-17/h3-9,11H,2,10H2,1H3,(H,18,19). The number of ether oxygens (including phenoxy) is 1. The highest BCUT2D eigenvalue weighted by Gasteiger charge is 2.06. The fraction of sp³-hybridized carbons (Fsp3) is 0.176. The minimum atomic E-state index is -0.411. The molecule has 0 aliphatic carbocycles. The molecule has 0 spiro atoms. The van der Waals surface area contributed by atoms with Crippen LogP contribution in [0.4, 0.5) is 11.7 Å². The fourth-order valence-corrected chi connectivity index (χ4v) is 2.08. The van der Waals surface area contributed by atoms with E-state index in [1.807, 2.05) is 30.3 Å². The molecule has 0 saturated heterocycles. The first-order chi connectivity index (χ1) is 10.8. The van der Waals surface area contributed by atoms with Gasteiger partial charge in [0.05, 0.1) is 17.5 Å². The van der Waals surface area contributed by atoms with Crippen molar-refractivity contribution >= 4 is 22.6 Å². The summed E-state index contributed by atoms with van der Waals surface area (Å²) in [6, 6.07) is 14.7. The molecule has 0 bridgehead atoms. The minimum Gasteiger partial charge on any atom is -0.494 e. The smallest absolute Gasteiger partial charge is 0.348 e. The zero-order valence-electron chi connectivity index (χ0n) is 12.2.